The molecule has 0 saturated heterocycles. The zero-order valence-corrected chi connectivity index (χ0v) is 15.2. The van der Waals surface area contributed by atoms with Crippen molar-refractivity contribution in [3.8, 4) is 11.5 Å². The molecule has 0 aliphatic heterocycles. The van der Waals surface area contributed by atoms with Gasteiger partial charge in [-0.25, -0.2) is 4.98 Å². The van der Waals surface area contributed by atoms with Crippen LogP contribution >= 0.6 is 23.1 Å². The topological polar surface area (TPSA) is 53.4 Å². The normalized spacial score (nSPS) is 10.9. The summed E-state index contributed by atoms with van der Waals surface area (Å²) in [7, 11) is 3.41. The van der Waals surface area contributed by atoms with Gasteiger partial charge in [-0.2, -0.15) is 0 Å². The maximum Gasteiger partial charge on any atom is 0.262 e. The Morgan fingerprint density at radius 1 is 1.21 bits per heavy atom. The minimum absolute atomic E-state index is 0.0123. The van der Waals surface area contributed by atoms with Gasteiger partial charge in [0, 0.05) is 12.8 Å². The molecule has 2 aromatic heterocycles. The predicted molar refractivity (Wildman–Crippen MR) is 98.7 cm³/mol. The molecule has 0 radical (unpaired) electrons. The summed E-state index contributed by atoms with van der Waals surface area (Å²) in [5.41, 5.74) is 0.0123. The molecule has 7 heteroatoms. The lowest BCUT2D eigenvalue weighted by atomic mass is 10.3. The number of nitrogens with zero attached hydrogens (tertiary/aromatic N) is 2. The van der Waals surface area contributed by atoms with Crippen LogP contribution < -0.4 is 15.0 Å². The maximum atomic E-state index is 12.2. The molecule has 2 heterocycles. The smallest absolute Gasteiger partial charge is 0.262 e. The van der Waals surface area contributed by atoms with Crippen LogP contribution in [0.4, 0.5) is 0 Å². The van der Waals surface area contributed by atoms with Gasteiger partial charge >= 0.3 is 0 Å². The van der Waals surface area contributed by atoms with Crippen molar-refractivity contribution in [2.24, 2.45) is 7.05 Å². The van der Waals surface area contributed by atoms with E-state index in [2.05, 4.69) is 4.98 Å². The lowest BCUT2D eigenvalue weighted by molar-refractivity contribution is 0.318. The van der Waals surface area contributed by atoms with E-state index in [1.54, 1.807) is 30.5 Å². The van der Waals surface area contributed by atoms with Crippen molar-refractivity contribution < 1.29 is 9.47 Å². The summed E-state index contributed by atoms with van der Waals surface area (Å²) in [4.78, 5) is 17.6. The molecule has 1 aromatic carbocycles. The Labute approximate surface area is 148 Å². The third-order valence-corrected chi connectivity index (χ3v) is 5.43. The van der Waals surface area contributed by atoms with Crippen molar-refractivity contribution in [3.05, 3.63) is 46.1 Å². The van der Waals surface area contributed by atoms with Crippen LogP contribution in [0.5, 0.6) is 11.5 Å². The van der Waals surface area contributed by atoms with Gasteiger partial charge in [0.15, 0.2) is 5.16 Å². The number of fused-ring (bicyclic) bond motifs is 1. The fourth-order valence-electron chi connectivity index (χ4n) is 2.19. The monoisotopic (exact) mass is 362 g/mol. The number of thioether (sulfide) groups is 1. The number of benzene rings is 1. The van der Waals surface area contributed by atoms with Crippen LogP contribution in [-0.2, 0) is 7.05 Å². The largest absolute Gasteiger partial charge is 0.497 e. The Kier molecular flexibility index (Phi) is 5.42. The second kappa shape index (κ2) is 7.72. The van der Waals surface area contributed by atoms with Gasteiger partial charge in [0.2, 0.25) is 0 Å². The Balaban J connectivity index is 1.51. The van der Waals surface area contributed by atoms with Gasteiger partial charge in [-0.1, -0.05) is 11.8 Å². The van der Waals surface area contributed by atoms with Crippen molar-refractivity contribution in [1.29, 1.82) is 0 Å². The third-order valence-electron chi connectivity index (χ3n) is 3.51. The molecule has 0 aliphatic rings. The standard InChI is InChI=1S/C17H18N2O3S2/c1-19-16(20)14-8-11-23-15(14)18-17(19)24-10-3-9-22-13-6-4-12(21-2)5-7-13/h4-8,11H,3,9-10H2,1-2H3. The van der Waals surface area contributed by atoms with Crippen molar-refractivity contribution in [3.63, 3.8) is 0 Å². The molecule has 126 valence electrons. The van der Waals surface area contributed by atoms with E-state index < -0.39 is 0 Å². The molecule has 0 bridgehead atoms. The predicted octanol–water partition coefficient (Wildman–Crippen LogP) is 3.56. The first kappa shape index (κ1) is 16.9. The zero-order valence-electron chi connectivity index (χ0n) is 13.5. The average Bonchev–Trinajstić information content (AvgIpc) is 3.08. The number of hydrogen-bond donors (Lipinski definition) is 0. The zero-order chi connectivity index (χ0) is 16.9. The van der Waals surface area contributed by atoms with Gasteiger partial charge in [-0.15, -0.1) is 11.3 Å². The number of thiophene rings is 1. The number of rotatable bonds is 7. The van der Waals surface area contributed by atoms with E-state index in [0.29, 0.717) is 12.0 Å². The second-order valence-electron chi connectivity index (χ2n) is 5.12. The molecule has 3 rings (SSSR count). The van der Waals surface area contributed by atoms with Crippen molar-refractivity contribution >= 4 is 33.3 Å². The Bertz CT molecular complexity index is 872. The lowest BCUT2D eigenvalue weighted by Gasteiger charge is -2.08. The van der Waals surface area contributed by atoms with Crippen LogP contribution in [0.2, 0.25) is 0 Å². The molecule has 5 nitrogen and oxygen atoms in total. The van der Waals surface area contributed by atoms with Gasteiger partial charge < -0.3 is 9.47 Å². The van der Waals surface area contributed by atoms with E-state index in [-0.39, 0.29) is 5.56 Å². The number of ether oxygens (including phenoxy) is 2. The van der Waals surface area contributed by atoms with Crippen LogP contribution in [0, 0.1) is 0 Å². The molecular weight excluding hydrogens is 344 g/mol. The molecule has 24 heavy (non-hydrogen) atoms. The van der Waals surface area contributed by atoms with Crippen molar-refractivity contribution in [2.45, 2.75) is 11.6 Å². The van der Waals surface area contributed by atoms with E-state index in [1.807, 2.05) is 35.7 Å². The highest BCUT2D eigenvalue weighted by atomic mass is 32.2. The third kappa shape index (κ3) is 3.73. The first-order valence-corrected chi connectivity index (χ1v) is 9.39. The van der Waals surface area contributed by atoms with Gasteiger partial charge in [-0.3, -0.25) is 9.36 Å². The second-order valence-corrected chi connectivity index (χ2v) is 7.08. The highest BCUT2D eigenvalue weighted by Gasteiger charge is 2.09. The van der Waals surface area contributed by atoms with Crippen molar-refractivity contribution in [2.75, 3.05) is 19.5 Å². The summed E-state index contributed by atoms with van der Waals surface area (Å²) < 4.78 is 12.4. The molecule has 0 unspecified atom stereocenters. The van der Waals surface area contributed by atoms with Crippen LogP contribution in [0.3, 0.4) is 0 Å². The average molecular weight is 362 g/mol. The summed E-state index contributed by atoms with van der Waals surface area (Å²) in [5.74, 6) is 2.48. The molecular formula is C17H18N2O3S2. The molecule has 0 fully saturated rings. The van der Waals surface area contributed by atoms with Gasteiger partial charge in [0.25, 0.3) is 5.56 Å². The molecule has 3 aromatic rings. The maximum absolute atomic E-state index is 12.2. The van der Waals surface area contributed by atoms with E-state index in [4.69, 9.17) is 9.47 Å². The van der Waals surface area contributed by atoms with Gasteiger partial charge in [0.1, 0.15) is 16.3 Å². The minimum Gasteiger partial charge on any atom is -0.497 e. The van der Waals surface area contributed by atoms with Gasteiger partial charge in [-0.05, 0) is 42.1 Å². The van der Waals surface area contributed by atoms with Crippen LogP contribution in [0.25, 0.3) is 10.2 Å². The summed E-state index contributed by atoms with van der Waals surface area (Å²) in [6.07, 6.45) is 0.870. The molecule has 0 aliphatic carbocycles. The van der Waals surface area contributed by atoms with Crippen LogP contribution in [0.15, 0.2) is 45.7 Å². The molecule has 0 saturated carbocycles. The van der Waals surface area contributed by atoms with E-state index in [0.717, 1.165) is 33.7 Å². The van der Waals surface area contributed by atoms with E-state index in [1.165, 1.54) is 11.3 Å². The SMILES string of the molecule is COc1ccc(OCCCSc2nc3sccc3c(=O)n2C)cc1. The quantitative estimate of drug-likeness (QED) is 0.365. The molecule has 0 spiro atoms. The van der Waals surface area contributed by atoms with E-state index in [9.17, 15) is 4.79 Å². The summed E-state index contributed by atoms with van der Waals surface area (Å²) in [6.45, 7) is 0.620. The highest BCUT2D eigenvalue weighted by Crippen LogP contribution is 2.21. The Hall–Kier alpha value is -1.99. The Morgan fingerprint density at radius 3 is 2.71 bits per heavy atom. The lowest BCUT2D eigenvalue weighted by Crippen LogP contribution is -2.19. The molecule has 0 amide bonds. The first-order chi connectivity index (χ1) is 11.7. The summed E-state index contributed by atoms with van der Waals surface area (Å²) in [5, 5.41) is 3.34. The molecule has 0 atom stereocenters. The number of methoxy groups -OCH3 is 1. The molecule has 0 N–H and O–H groups in total. The fraction of sp³-hybridized carbons (Fsp3) is 0.294. The first-order valence-electron chi connectivity index (χ1n) is 7.53. The summed E-state index contributed by atoms with van der Waals surface area (Å²) >= 11 is 3.07. The van der Waals surface area contributed by atoms with Gasteiger partial charge in [0.05, 0.1) is 19.1 Å². The van der Waals surface area contributed by atoms with E-state index >= 15 is 0 Å². The Morgan fingerprint density at radius 2 is 1.96 bits per heavy atom. The number of hydrogen-bond acceptors (Lipinski definition) is 6. The van der Waals surface area contributed by atoms with Crippen LogP contribution in [-0.4, -0.2) is 29.0 Å². The fourth-order valence-corrected chi connectivity index (χ4v) is 3.88. The number of aromatic nitrogens is 2. The highest BCUT2D eigenvalue weighted by molar-refractivity contribution is 7.99. The van der Waals surface area contributed by atoms with Crippen molar-refractivity contribution in [1.82, 2.24) is 9.55 Å². The minimum atomic E-state index is 0.0123. The van der Waals surface area contributed by atoms with Crippen LogP contribution in [0.1, 0.15) is 6.42 Å². The summed E-state index contributed by atoms with van der Waals surface area (Å²) in [6, 6.07) is 9.36.